The van der Waals surface area contributed by atoms with Gasteiger partial charge in [-0.15, -0.1) is 0 Å². The van der Waals surface area contributed by atoms with Crippen molar-refractivity contribution in [2.75, 3.05) is 6.54 Å². The van der Waals surface area contributed by atoms with Gasteiger partial charge in [-0.1, -0.05) is 55.3 Å². The monoisotopic (exact) mass is 372 g/mol. The van der Waals surface area contributed by atoms with Crippen LogP contribution in [-0.4, -0.2) is 40.5 Å². The summed E-state index contributed by atoms with van der Waals surface area (Å²) in [7, 11) is 0. The third kappa shape index (κ3) is 7.95. The summed E-state index contributed by atoms with van der Waals surface area (Å²) in [6, 6.07) is 9.98. The molecule has 0 spiro atoms. The zero-order valence-electron chi connectivity index (χ0n) is 16.1. The molecule has 1 aromatic carbocycles. The molecule has 1 aliphatic rings. The van der Waals surface area contributed by atoms with E-state index in [-0.39, 0.29) is 17.9 Å². The number of aliphatic hydroxyl groups is 1. The first kappa shape index (κ1) is 21.2. The lowest BCUT2D eigenvalue weighted by Gasteiger charge is -2.34. The maximum atomic E-state index is 12.3. The summed E-state index contributed by atoms with van der Waals surface area (Å²) in [4.78, 5) is 25.0. The van der Waals surface area contributed by atoms with Crippen LogP contribution in [0.1, 0.15) is 56.9 Å². The molecule has 2 rings (SSSR count). The van der Waals surface area contributed by atoms with Gasteiger partial charge in [0, 0.05) is 25.8 Å². The largest absolute Gasteiger partial charge is 0.389 e. The van der Waals surface area contributed by atoms with Crippen molar-refractivity contribution in [3.63, 3.8) is 0 Å². The molecule has 148 valence electrons. The second-order valence-electron chi connectivity index (χ2n) is 7.32. The molecule has 2 amide bonds. The van der Waals surface area contributed by atoms with Crippen LogP contribution in [0.4, 0.5) is 0 Å². The van der Waals surface area contributed by atoms with E-state index < -0.39 is 6.10 Å². The molecule has 2 atom stereocenters. The number of carbonyl (C=O) groups is 2. The minimum Gasteiger partial charge on any atom is -0.389 e. The van der Waals surface area contributed by atoms with Gasteiger partial charge in [-0.3, -0.25) is 9.59 Å². The number of rotatable bonds is 11. The van der Waals surface area contributed by atoms with E-state index in [1.54, 1.807) is 0 Å². The van der Waals surface area contributed by atoms with E-state index in [9.17, 15) is 14.7 Å². The molecule has 1 aliphatic heterocycles. The van der Waals surface area contributed by atoms with Crippen molar-refractivity contribution >= 4 is 11.8 Å². The molecular weight excluding hydrogens is 340 g/mol. The molecular formula is C22H32N2O3. The maximum Gasteiger partial charge on any atom is 0.223 e. The normalized spacial score (nSPS) is 18.8. The Morgan fingerprint density at radius 2 is 1.96 bits per heavy atom. The third-order valence-corrected chi connectivity index (χ3v) is 5.03. The first-order valence-electron chi connectivity index (χ1n) is 10.0. The highest BCUT2D eigenvalue weighted by molar-refractivity contribution is 5.77. The van der Waals surface area contributed by atoms with Crippen LogP contribution >= 0.6 is 0 Å². The quantitative estimate of drug-likeness (QED) is 0.463. The summed E-state index contributed by atoms with van der Waals surface area (Å²) in [5.74, 6) is -0.0499. The predicted molar refractivity (Wildman–Crippen MR) is 107 cm³/mol. The second kappa shape index (κ2) is 11.5. The van der Waals surface area contributed by atoms with Gasteiger partial charge in [0.25, 0.3) is 0 Å². The fraction of sp³-hybridized carbons (Fsp3) is 0.545. The lowest BCUT2D eigenvalue weighted by atomic mass is 9.99. The SMILES string of the molecule is NC(=O)CCCCCCN1C(=O)CCCC1C=C[C@H](O)Cc1ccccc1. The topological polar surface area (TPSA) is 83.6 Å². The van der Waals surface area contributed by atoms with Crippen molar-refractivity contribution in [3.8, 4) is 0 Å². The van der Waals surface area contributed by atoms with Gasteiger partial charge in [0.2, 0.25) is 11.8 Å². The number of nitrogens with zero attached hydrogens (tertiary/aromatic N) is 1. The molecule has 5 nitrogen and oxygen atoms in total. The lowest BCUT2D eigenvalue weighted by molar-refractivity contribution is -0.135. The number of benzene rings is 1. The van der Waals surface area contributed by atoms with Crippen LogP contribution in [0.3, 0.4) is 0 Å². The fourth-order valence-electron chi connectivity index (χ4n) is 3.55. The summed E-state index contributed by atoms with van der Waals surface area (Å²) in [5, 5.41) is 10.3. The number of amides is 2. The Morgan fingerprint density at radius 3 is 2.70 bits per heavy atom. The smallest absolute Gasteiger partial charge is 0.223 e. The summed E-state index contributed by atoms with van der Waals surface area (Å²) >= 11 is 0. The number of nitrogens with two attached hydrogens (primary N) is 1. The highest BCUT2D eigenvalue weighted by Gasteiger charge is 2.25. The number of hydrogen-bond acceptors (Lipinski definition) is 3. The fourth-order valence-corrected chi connectivity index (χ4v) is 3.55. The summed E-state index contributed by atoms with van der Waals surface area (Å²) in [6.45, 7) is 0.735. The number of aliphatic hydroxyl groups excluding tert-OH is 1. The molecule has 1 heterocycles. The number of unbranched alkanes of at least 4 members (excludes halogenated alkanes) is 3. The Morgan fingerprint density at radius 1 is 1.22 bits per heavy atom. The van der Waals surface area contributed by atoms with E-state index in [2.05, 4.69) is 0 Å². The van der Waals surface area contributed by atoms with Crippen molar-refractivity contribution in [1.29, 1.82) is 0 Å². The van der Waals surface area contributed by atoms with Gasteiger partial charge in [0.15, 0.2) is 0 Å². The first-order chi connectivity index (χ1) is 13.1. The molecule has 0 bridgehead atoms. The summed E-state index contributed by atoms with van der Waals surface area (Å²) in [6.07, 6.45) is 10.5. The average Bonchev–Trinajstić information content (AvgIpc) is 2.65. The zero-order valence-corrected chi connectivity index (χ0v) is 16.1. The number of likely N-dealkylation sites (tertiary alicyclic amines) is 1. The Bertz CT molecular complexity index is 615. The van der Waals surface area contributed by atoms with Crippen molar-refractivity contribution < 1.29 is 14.7 Å². The molecule has 1 fully saturated rings. The van der Waals surface area contributed by atoms with Crippen molar-refractivity contribution in [1.82, 2.24) is 4.90 Å². The maximum absolute atomic E-state index is 12.3. The Kier molecular flexibility index (Phi) is 9.05. The Hall–Kier alpha value is -2.14. The van der Waals surface area contributed by atoms with Gasteiger partial charge in [-0.2, -0.15) is 0 Å². The minimum absolute atomic E-state index is 0.0716. The van der Waals surface area contributed by atoms with Gasteiger partial charge in [0.05, 0.1) is 12.1 Å². The van der Waals surface area contributed by atoms with Crippen LogP contribution < -0.4 is 5.73 Å². The Balaban J connectivity index is 1.79. The summed E-state index contributed by atoms with van der Waals surface area (Å²) < 4.78 is 0. The predicted octanol–water partition coefficient (Wildman–Crippen LogP) is 2.96. The molecule has 5 heteroatoms. The molecule has 3 N–H and O–H groups in total. The van der Waals surface area contributed by atoms with E-state index in [0.717, 1.165) is 50.6 Å². The summed E-state index contributed by atoms with van der Waals surface area (Å²) in [5.41, 5.74) is 6.25. The standard InChI is InChI=1S/C22H32N2O3/c23-21(26)12-6-1-2-7-16-24-19(11-8-13-22(24)27)14-15-20(25)17-18-9-4-3-5-10-18/h3-5,9-10,14-15,19-20,25H,1-2,6-8,11-13,16-17H2,(H2,23,26)/t19?,20-/m0/s1. The van der Waals surface area contributed by atoms with E-state index in [1.807, 2.05) is 47.4 Å². The van der Waals surface area contributed by atoms with Crippen LogP contribution in [0.25, 0.3) is 0 Å². The molecule has 0 aliphatic carbocycles. The number of hydrogen-bond donors (Lipinski definition) is 2. The number of primary amides is 1. The van der Waals surface area contributed by atoms with Gasteiger partial charge >= 0.3 is 0 Å². The lowest BCUT2D eigenvalue weighted by Crippen LogP contribution is -2.43. The van der Waals surface area contributed by atoms with Crippen molar-refractivity contribution in [3.05, 3.63) is 48.0 Å². The van der Waals surface area contributed by atoms with Gasteiger partial charge in [-0.05, 0) is 31.2 Å². The zero-order chi connectivity index (χ0) is 19.5. The highest BCUT2D eigenvalue weighted by atomic mass is 16.3. The van der Waals surface area contributed by atoms with Crippen LogP contribution in [0.2, 0.25) is 0 Å². The Labute approximate surface area is 162 Å². The van der Waals surface area contributed by atoms with Crippen LogP contribution in [0, 0.1) is 0 Å². The second-order valence-corrected chi connectivity index (χ2v) is 7.32. The van der Waals surface area contributed by atoms with Crippen LogP contribution in [0.5, 0.6) is 0 Å². The van der Waals surface area contributed by atoms with Gasteiger partial charge in [-0.25, -0.2) is 0 Å². The van der Waals surface area contributed by atoms with E-state index in [1.165, 1.54) is 0 Å². The molecule has 1 aromatic rings. The van der Waals surface area contributed by atoms with Crippen LogP contribution in [0.15, 0.2) is 42.5 Å². The third-order valence-electron chi connectivity index (χ3n) is 5.03. The van der Waals surface area contributed by atoms with Crippen molar-refractivity contribution in [2.45, 2.75) is 69.9 Å². The molecule has 27 heavy (non-hydrogen) atoms. The van der Waals surface area contributed by atoms with E-state index >= 15 is 0 Å². The van der Waals surface area contributed by atoms with Gasteiger partial charge in [0.1, 0.15) is 0 Å². The van der Waals surface area contributed by atoms with Crippen LogP contribution in [-0.2, 0) is 16.0 Å². The molecule has 0 radical (unpaired) electrons. The molecule has 1 saturated heterocycles. The van der Waals surface area contributed by atoms with Gasteiger partial charge < -0.3 is 15.7 Å². The van der Waals surface area contributed by atoms with Crippen molar-refractivity contribution in [2.24, 2.45) is 5.73 Å². The van der Waals surface area contributed by atoms with E-state index in [0.29, 0.717) is 19.3 Å². The molecule has 0 aromatic heterocycles. The number of carbonyl (C=O) groups excluding carboxylic acids is 2. The molecule has 1 unspecified atom stereocenters. The first-order valence-corrected chi connectivity index (χ1v) is 10.0. The minimum atomic E-state index is -0.542. The molecule has 0 saturated carbocycles. The average molecular weight is 373 g/mol. The highest BCUT2D eigenvalue weighted by Crippen LogP contribution is 2.21. The number of piperidine rings is 1. The van der Waals surface area contributed by atoms with E-state index in [4.69, 9.17) is 5.73 Å².